The second-order valence-corrected chi connectivity index (χ2v) is 6.07. The van der Waals surface area contributed by atoms with Crippen LogP contribution in [0.4, 0.5) is 0 Å². The van der Waals surface area contributed by atoms with Crippen LogP contribution in [-0.2, 0) is 0 Å². The maximum Gasteiger partial charge on any atom is 0.0414 e. The summed E-state index contributed by atoms with van der Waals surface area (Å²) in [5, 5.41) is 0.748. The smallest absolute Gasteiger partial charge is 0.0414 e. The Hall–Kier alpha value is -2.05. The highest BCUT2D eigenvalue weighted by Crippen LogP contribution is 2.26. The van der Waals surface area contributed by atoms with Crippen molar-refractivity contribution in [3.63, 3.8) is 0 Å². The van der Waals surface area contributed by atoms with Gasteiger partial charge >= 0.3 is 0 Å². The molecule has 0 amide bonds. The van der Waals surface area contributed by atoms with Crippen molar-refractivity contribution in [3.05, 3.63) is 94.5 Å². The molecule has 0 unspecified atom stereocenters. The molecule has 0 aliphatic carbocycles. The van der Waals surface area contributed by atoms with Gasteiger partial charge in [-0.15, -0.1) is 0 Å². The van der Waals surface area contributed by atoms with Crippen molar-refractivity contribution in [1.82, 2.24) is 0 Å². The third-order valence-electron chi connectivity index (χ3n) is 3.94. The third-order valence-corrected chi connectivity index (χ3v) is 4.16. The predicted octanol–water partition coefficient (Wildman–Crippen LogP) is 7.10. The van der Waals surface area contributed by atoms with E-state index in [2.05, 4.69) is 63.2 Å². The number of rotatable bonds is 5. The van der Waals surface area contributed by atoms with E-state index in [1.807, 2.05) is 30.3 Å². The Kier molecular flexibility index (Phi) is 6.43. The van der Waals surface area contributed by atoms with E-state index in [1.54, 1.807) is 0 Å². The molecule has 0 aromatic heterocycles. The highest BCUT2D eigenvalue weighted by Gasteiger charge is 2.04. The molecule has 0 aliphatic heterocycles. The molecule has 0 saturated carbocycles. The van der Waals surface area contributed by atoms with Gasteiger partial charge in [0.05, 0.1) is 0 Å². The first-order valence-electron chi connectivity index (χ1n) is 7.98. The van der Waals surface area contributed by atoms with Crippen LogP contribution in [0.2, 0.25) is 0 Å². The van der Waals surface area contributed by atoms with Crippen LogP contribution in [0.5, 0.6) is 0 Å². The lowest BCUT2D eigenvalue weighted by Gasteiger charge is -2.08. The van der Waals surface area contributed by atoms with Gasteiger partial charge in [-0.05, 0) is 54.7 Å². The summed E-state index contributed by atoms with van der Waals surface area (Å²) in [6.45, 7) is 6.42. The van der Waals surface area contributed by atoms with Crippen LogP contribution in [0.3, 0.4) is 0 Å². The van der Waals surface area contributed by atoms with Crippen LogP contribution < -0.4 is 0 Å². The van der Waals surface area contributed by atoms with Gasteiger partial charge in [0.2, 0.25) is 0 Å². The zero-order valence-corrected chi connectivity index (χ0v) is 14.8. The minimum absolute atomic E-state index is 0.748. The fourth-order valence-electron chi connectivity index (χ4n) is 2.43. The van der Waals surface area contributed by atoms with E-state index in [9.17, 15) is 0 Å². The summed E-state index contributed by atoms with van der Waals surface area (Å²) in [5.74, 6) is 0. The average molecular weight is 323 g/mol. The molecule has 0 bridgehead atoms. The summed E-state index contributed by atoms with van der Waals surface area (Å²) < 4.78 is 0. The van der Waals surface area contributed by atoms with Crippen LogP contribution in [0, 0.1) is 0 Å². The fourth-order valence-corrected chi connectivity index (χ4v) is 2.70. The molecule has 0 fully saturated rings. The average Bonchev–Trinajstić information content (AvgIpc) is 2.60. The zero-order valence-electron chi connectivity index (χ0n) is 14.0. The lowest BCUT2D eigenvalue weighted by atomic mass is 9.98. The van der Waals surface area contributed by atoms with Gasteiger partial charge < -0.3 is 0 Å². The van der Waals surface area contributed by atoms with Crippen LogP contribution in [0.25, 0.3) is 11.1 Å². The first kappa shape index (κ1) is 17.3. The molecule has 0 radical (unpaired) electrons. The van der Waals surface area contributed by atoms with Crippen molar-refractivity contribution in [2.45, 2.75) is 27.2 Å². The summed E-state index contributed by atoms with van der Waals surface area (Å²) in [6.07, 6.45) is 5.11. The molecular weight excluding hydrogens is 300 g/mol. The number of hydrogen-bond donors (Lipinski definition) is 0. The maximum atomic E-state index is 6.52. The molecule has 0 spiro atoms. The second kappa shape index (κ2) is 8.55. The van der Waals surface area contributed by atoms with Crippen molar-refractivity contribution >= 4 is 22.7 Å². The van der Waals surface area contributed by atoms with E-state index in [-0.39, 0.29) is 0 Å². The molecule has 0 nitrogen and oxygen atoms in total. The third kappa shape index (κ3) is 4.97. The Morgan fingerprint density at radius 3 is 1.87 bits per heavy atom. The molecule has 0 aliphatic rings. The van der Waals surface area contributed by atoms with Crippen LogP contribution in [-0.4, -0.2) is 0 Å². The normalized spacial score (nSPS) is 13.7. The monoisotopic (exact) mass is 322 g/mol. The molecule has 2 rings (SSSR count). The van der Waals surface area contributed by atoms with Gasteiger partial charge in [0.1, 0.15) is 0 Å². The van der Waals surface area contributed by atoms with Crippen molar-refractivity contribution in [1.29, 1.82) is 0 Å². The van der Waals surface area contributed by atoms with E-state index in [4.69, 9.17) is 11.6 Å². The van der Waals surface area contributed by atoms with Gasteiger partial charge in [-0.2, -0.15) is 0 Å². The highest BCUT2D eigenvalue weighted by molar-refractivity contribution is 6.32. The van der Waals surface area contributed by atoms with Crippen LogP contribution in [0.1, 0.15) is 38.3 Å². The number of hydrogen-bond acceptors (Lipinski definition) is 0. The summed E-state index contributed by atoms with van der Waals surface area (Å²) in [6, 6.07) is 20.7. The molecule has 0 N–H and O–H groups in total. The quantitative estimate of drug-likeness (QED) is 0.515. The Bertz CT molecular complexity index is 719. The molecule has 118 valence electrons. The molecule has 2 aromatic rings. The zero-order chi connectivity index (χ0) is 16.7. The van der Waals surface area contributed by atoms with Crippen molar-refractivity contribution in [2.24, 2.45) is 0 Å². The van der Waals surface area contributed by atoms with Gasteiger partial charge in [0, 0.05) is 5.03 Å². The molecular formula is C22H23Cl. The van der Waals surface area contributed by atoms with Gasteiger partial charge in [-0.3, -0.25) is 0 Å². The van der Waals surface area contributed by atoms with Gasteiger partial charge in [-0.25, -0.2) is 0 Å². The van der Waals surface area contributed by atoms with Crippen LogP contribution >= 0.6 is 11.6 Å². The summed E-state index contributed by atoms with van der Waals surface area (Å²) in [4.78, 5) is 0. The molecule has 1 heteroatoms. The standard InChI is InChI=1S/C22H23Cl/c1-4-17(2)22(20-13-9-6-10-14-20)16-21(23)15-18(3)19-11-7-5-8-12-19/h5-16H,4H2,1-3H3/b18-15+,21-16+,22-17-. The number of benzene rings is 2. The SMILES string of the molecule is CC/C(C)=C(/C=C(Cl)\C=C(/C)c1ccccc1)c1ccccc1. The summed E-state index contributed by atoms with van der Waals surface area (Å²) >= 11 is 6.52. The summed E-state index contributed by atoms with van der Waals surface area (Å²) in [7, 11) is 0. The maximum absolute atomic E-state index is 6.52. The highest BCUT2D eigenvalue weighted by atomic mass is 35.5. The summed E-state index contributed by atoms with van der Waals surface area (Å²) in [5.41, 5.74) is 6.09. The van der Waals surface area contributed by atoms with E-state index in [0.717, 1.165) is 17.0 Å². The minimum atomic E-state index is 0.748. The van der Waals surface area contributed by atoms with Crippen molar-refractivity contribution in [3.8, 4) is 0 Å². The molecule has 0 heterocycles. The molecule has 2 aromatic carbocycles. The lowest BCUT2D eigenvalue weighted by Crippen LogP contribution is -1.87. The Balaban J connectivity index is 2.37. The van der Waals surface area contributed by atoms with Gasteiger partial charge in [-0.1, -0.05) is 84.8 Å². The van der Waals surface area contributed by atoms with Gasteiger partial charge in [0.25, 0.3) is 0 Å². The minimum Gasteiger partial charge on any atom is -0.0843 e. The van der Waals surface area contributed by atoms with Crippen molar-refractivity contribution < 1.29 is 0 Å². The van der Waals surface area contributed by atoms with Crippen LogP contribution in [0.15, 0.2) is 83.4 Å². The van der Waals surface area contributed by atoms with Crippen molar-refractivity contribution in [2.75, 3.05) is 0 Å². The lowest BCUT2D eigenvalue weighted by molar-refractivity contribution is 1.10. The second-order valence-electron chi connectivity index (χ2n) is 5.64. The topological polar surface area (TPSA) is 0 Å². The molecule has 0 saturated heterocycles. The molecule has 0 atom stereocenters. The first-order valence-corrected chi connectivity index (χ1v) is 8.35. The Morgan fingerprint density at radius 1 is 0.826 bits per heavy atom. The first-order chi connectivity index (χ1) is 11.1. The van der Waals surface area contributed by atoms with Gasteiger partial charge in [0.15, 0.2) is 0 Å². The fraction of sp³-hybridized carbons (Fsp3) is 0.182. The van der Waals surface area contributed by atoms with E-state index in [1.165, 1.54) is 22.3 Å². The Labute approximate surface area is 144 Å². The number of halogens is 1. The molecule has 23 heavy (non-hydrogen) atoms. The Morgan fingerprint density at radius 2 is 1.35 bits per heavy atom. The van der Waals surface area contributed by atoms with E-state index in [0.29, 0.717) is 0 Å². The van der Waals surface area contributed by atoms with E-state index >= 15 is 0 Å². The predicted molar refractivity (Wildman–Crippen MR) is 103 cm³/mol. The van der Waals surface area contributed by atoms with E-state index < -0.39 is 0 Å². The largest absolute Gasteiger partial charge is 0.0843 e. The number of allylic oxidation sites excluding steroid dienone is 6.